The first-order valence-corrected chi connectivity index (χ1v) is 4.52. The highest BCUT2D eigenvalue weighted by atomic mass is 35.5. The van der Waals surface area contributed by atoms with E-state index in [1.807, 2.05) is 0 Å². The highest BCUT2D eigenvalue weighted by Gasteiger charge is 2.19. The van der Waals surface area contributed by atoms with Gasteiger partial charge in [-0.15, -0.1) is 11.6 Å². The fourth-order valence-corrected chi connectivity index (χ4v) is 1.20. The van der Waals surface area contributed by atoms with E-state index < -0.39 is 32.9 Å². The Balaban J connectivity index is 3.35. The Bertz CT molecular complexity index is 441. The predicted octanol–water partition coefficient (Wildman–Crippen LogP) is 1.92. The number of benzene rings is 1. The van der Waals surface area contributed by atoms with E-state index in [1.54, 1.807) is 0 Å². The number of hydrogen-bond donors (Lipinski definition) is 0. The molecule has 0 amide bonds. The van der Waals surface area contributed by atoms with Crippen molar-refractivity contribution in [1.29, 1.82) is 0 Å². The summed E-state index contributed by atoms with van der Waals surface area (Å²) in [5.74, 6) is -0.994. The van der Waals surface area contributed by atoms with E-state index >= 15 is 0 Å². The van der Waals surface area contributed by atoms with Gasteiger partial charge in [-0.3, -0.25) is 25.0 Å². The van der Waals surface area contributed by atoms with Crippen molar-refractivity contribution in [2.75, 3.05) is 5.88 Å². The van der Waals surface area contributed by atoms with Crippen molar-refractivity contribution in [2.24, 2.45) is 0 Å². The number of carbonyl (C=O) groups is 1. The van der Waals surface area contributed by atoms with Crippen LogP contribution >= 0.6 is 11.6 Å². The molecular weight excluding hydrogens is 240 g/mol. The topological polar surface area (TPSA) is 103 Å². The van der Waals surface area contributed by atoms with Crippen LogP contribution in [-0.2, 0) is 0 Å². The first-order valence-electron chi connectivity index (χ1n) is 3.98. The molecule has 7 nitrogen and oxygen atoms in total. The summed E-state index contributed by atoms with van der Waals surface area (Å²) in [6.07, 6.45) is 0. The Morgan fingerprint density at radius 3 is 1.88 bits per heavy atom. The lowest BCUT2D eigenvalue weighted by Gasteiger charge is -1.98. The number of Topliss-reactive ketones (excluding diaryl/α,β-unsaturated/α-hetero) is 1. The predicted molar refractivity (Wildman–Crippen MR) is 54.8 cm³/mol. The smallest absolute Gasteiger partial charge is 0.277 e. The maximum atomic E-state index is 11.2. The summed E-state index contributed by atoms with van der Waals surface area (Å²) in [7, 11) is 0. The first kappa shape index (κ1) is 12.1. The van der Waals surface area contributed by atoms with Crippen molar-refractivity contribution in [3.05, 3.63) is 44.0 Å². The van der Waals surface area contributed by atoms with Crippen LogP contribution in [0.1, 0.15) is 10.4 Å². The van der Waals surface area contributed by atoms with E-state index in [0.29, 0.717) is 0 Å². The first-order chi connectivity index (χ1) is 7.45. The van der Waals surface area contributed by atoms with E-state index in [2.05, 4.69) is 0 Å². The molecule has 8 heteroatoms. The SMILES string of the molecule is O=C(CCl)c1cc([N+](=O)[O-])cc([N+](=O)[O-])c1. The minimum absolute atomic E-state index is 0.143. The molecular formula is C8H5ClN2O5. The van der Waals surface area contributed by atoms with E-state index in [1.165, 1.54) is 0 Å². The second-order valence-electron chi connectivity index (χ2n) is 2.81. The second kappa shape index (κ2) is 4.67. The van der Waals surface area contributed by atoms with Crippen molar-refractivity contribution in [3.8, 4) is 0 Å². The minimum Gasteiger partial charge on any atom is -0.293 e. The lowest BCUT2D eigenvalue weighted by atomic mass is 10.1. The summed E-state index contributed by atoms with van der Waals surface area (Å²) in [5, 5.41) is 21.0. The van der Waals surface area contributed by atoms with Gasteiger partial charge in [-0.2, -0.15) is 0 Å². The molecule has 16 heavy (non-hydrogen) atoms. The van der Waals surface area contributed by atoms with Crippen LogP contribution in [0.2, 0.25) is 0 Å². The maximum absolute atomic E-state index is 11.2. The largest absolute Gasteiger partial charge is 0.293 e. The molecule has 0 bridgehead atoms. The van der Waals surface area contributed by atoms with Gasteiger partial charge in [-0.25, -0.2) is 0 Å². The molecule has 0 atom stereocenters. The zero-order valence-electron chi connectivity index (χ0n) is 7.75. The maximum Gasteiger partial charge on any atom is 0.277 e. The van der Waals surface area contributed by atoms with E-state index in [0.717, 1.165) is 18.2 Å². The molecule has 0 aliphatic heterocycles. The van der Waals surface area contributed by atoms with Crippen molar-refractivity contribution >= 4 is 28.8 Å². The molecule has 1 aromatic rings. The molecule has 0 unspecified atom stereocenters. The fraction of sp³-hybridized carbons (Fsp3) is 0.125. The van der Waals surface area contributed by atoms with Crippen LogP contribution in [0.25, 0.3) is 0 Å². The zero-order chi connectivity index (χ0) is 12.3. The molecule has 0 aliphatic carbocycles. The van der Waals surface area contributed by atoms with Gasteiger partial charge in [0.1, 0.15) is 0 Å². The van der Waals surface area contributed by atoms with Gasteiger partial charge in [0.05, 0.1) is 21.8 Å². The van der Waals surface area contributed by atoms with Crippen LogP contribution < -0.4 is 0 Å². The van der Waals surface area contributed by atoms with Crippen molar-refractivity contribution < 1.29 is 14.6 Å². The van der Waals surface area contributed by atoms with Crippen molar-refractivity contribution in [1.82, 2.24) is 0 Å². The van der Waals surface area contributed by atoms with Gasteiger partial charge in [-0.05, 0) is 0 Å². The standard InChI is InChI=1S/C8H5ClN2O5/c9-4-8(12)5-1-6(10(13)14)3-7(2-5)11(15)16/h1-3H,4H2. The van der Waals surface area contributed by atoms with Crippen LogP contribution in [0.5, 0.6) is 0 Å². The van der Waals surface area contributed by atoms with Crippen LogP contribution in [0.15, 0.2) is 18.2 Å². The Kier molecular flexibility index (Phi) is 3.51. The van der Waals surface area contributed by atoms with Gasteiger partial charge >= 0.3 is 0 Å². The number of rotatable bonds is 4. The average Bonchev–Trinajstić information content (AvgIpc) is 2.27. The van der Waals surface area contributed by atoms with Crippen molar-refractivity contribution in [3.63, 3.8) is 0 Å². The highest BCUT2D eigenvalue weighted by Crippen LogP contribution is 2.23. The molecule has 1 rings (SSSR count). The summed E-state index contributed by atoms with van der Waals surface area (Å²) >= 11 is 5.26. The average molecular weight is 245 g/mol. The Labute approximate surface area is 93.9 Å². The van der Waals surface area contributed by atoms with Crippen LogP contribution in [0, 0.1) is 20.2 Å². The number of alkyl halides is 1. The Morgan fingerprint density at radius 1 is 1.12 bits per heavy atom. The van der Waals surface area contributed by atoms with E-state index in [4.69, 9.17) is 11.6 Å². The van der Waals surface area contributed by atoms with Crippen LogP contribution in [0.4, 0.5) is 11.4 Å². The molecule has 1 aromatic carbocycles. The number of nitrogens with zero attached hydrogens (tertiary/aromatic N) is 2. The molecule has 0 radical (unpaired) electrons. The molecule has 0 saturated heterocycles. The normalized spacial score (nSPS) is 9.81. The quantitative estimate of drug-likeness (QED) is 0.348. The van der Waals surface area contributed by atoms with Gasteiger partial charge in [0.15, 0.2) is 5.78 Å². The zero-order valence-corrected chi connectivity index (χ0v) is 8.51. The third kappa shape index (κ3) is 2.51. The molecule has 0 aromatic heterocycles. The minimum atomic E-state index is -0.808. The molecule has 0 spiro atoms. The third-order valence-corrected chi connectivity index (χ3v) is 2.01. The molecule has 0 N–H and O–H groups in total. The van der Waals surface area contributed by atoms with Gasteiger partial charge in [-0.1, -0.05) is 0 Å². The second-order valence-corrected chi connectivity index (χ2v) is 3.08. The molecule has 0 saturated carbocycles. The Hall–Kier alpha value is -2.02. The molecule has 84 valence electrons. The molecule has 0 aliphatic rings. The number of non-ortho nitro benzene ring substituents is 2. The number of halogens is 1. The van der Waals surface area contributed by atoms with E-state index in [-0.39, 0.29) is 5.56 Å². The third-order valence-electron chi connectivity index (χ3n) is 1.77. The van der Waals surface area contributed by atoms with Gasteiger partial charge in [0.25, 0.3) is 11.4 Å². The number of hydrogen-bond acceptors (Lipinski definition) is 5. The highest BCUT2D eigenvalue weighted by molar-refractivity contribution is 6.30. The van der Waals surface area contributed by atoms with Crippen LogP contribution in [-0.4, -0.2) is 21.5 Å². The summed E-state index contributed by atoms with van der Waals surface area (Å²) in [6.45, 7) is 0. The van der Waals surface area contributed by atoms with Gasteiger partial charge < -0.3 is 0 Å². The van der Waals surface area contributed by atoms with Crippen molar-refractivity contribution in [2.45, 2.75) is 0 Å². The summed E-state index contributed by atoms with van der Waals surface area (Å²) < 4.78 is 0. The summed E-state index contributed by atoms with van der Waals surface area (Å²) in [5.41, 5.74) is -1.17. The summed E-state index contributed by atoms with van der Waals surface area (Å²) in [6, 6.07) is 2.69. The lowest BCUT2D eigenvalue weighted by molar-refractivity contribution is -0.394. The number of carbonyl (C=O) groups excluding carboxylic acids is 1. The van der Waals surface area contributed by atoms with Gasteiger partial charge in [0, 0.05) is 17.7 Å². The number of ketones is 1. The van der Waals surface area contributed by atoms with Crippen LogP contribution in [0.3, 0.4) is 0 Å². The lowest BCUT2D eigenvalue weighted by Crippen LogP contribution is -2.03. The van der Waals surface area contributed by atoms with Gasteiger partial charge in [0.2, 0.25) is 0 Å². The number of nitro benzene ring substituents is 2. The number of nitro groups is 2. The summed E-state index contributed by atoms with van der Waals surface area (Å²) in [4.78, 5) is 30.5. The fourth-order valence-electron chi connectivity index (χ4n) is 1.04. The molecule has 0 fully saturated rings. The van der Waals surface area contributed by atoms with E-state index in [9.17, 15) is 25.0 Å². The molecule has 0 heterocycles. The monoisotopic (exact) mass is 244 g/mol. The Morgan fingerprint density at radius 2 is 1.56 bits per heavy atom.